The normalized spacial score (nSPS) is 16.3. The van der Waals surface area contributed by atoms with Crippen molar-refractivity contribution in [1.29, 1.82) is 0 Å². The Kier molecular flexibility index (Phi) is 2.75. The molecule has 4 heteroatoms. The van der Waals surface area contributed by atoms with Crippen LogP contribution in [-0.4, -0.2) is 16.1 Å². The number of aromatic amines is 1. The molecule has 1 heterocycles. The summed E-state index contributed by atoms with van der Waals surface area (Å²) in [5.74, 6) is 0.369. The Hall–Kier alpha value is -1.32. The maximum absolute atomic E-state index is 10.8. The summed E-state index contributed by atoms with van der Waals surface area (Å²) >= 11 is 0. The van der Waals surface area contributed by atoms with Crippen molar-refractivity contribution < 1.29 is 4.79 Å². The number of aryl methyl sites for hydroxylation is 1. The molecule has 1 aliphatic rings. The van der Waals surface area contributed by atoms with Crippen LogP contribution in [0.25, 0.3) is 0 Å². The molecule has 1 aromatic rings. The van der Waals surface area contributed by atoms with Gasteiger partial charge in [-0.1, -0.05) is 6.42 Å². The minimum absolute atomic E-state index is 0.241. The fourth-order valence-electron chi connectivity index (χ4n) is 2.05. The van der Waals surface area contributed by atoms with Crippen LogP contribution in [0.5, 0.6) is 0 Å². The standard InChI is InChI=1S/C11H17N3O/c1-7-9(5-6-10(12)15)11(14-13-7)8-3-2-4-8/h8H,2-6H2,1H3,(H2,12,15)(H,13,14). The molecule has 0 aliphatic heterocycles. The first-order valence-electron chi connectivity index (χ1n) is 5.50. The summed E-state index contributed by atoms with van der Waals surface area (Å²) in [6.45, 7) is 2.01. The van der Waals surface area contributed by atoms with Crippen LogP contribution in [0.1, 0.15) is 48.6 Å². The maximum Gasteiger partial charge on any atom is 0.217 e. The van der Waals surface area contributed by atoms with Gasteiger partial charge in [-0.3, -0.25) is 9.89 Å². The predicted octanol–water partition coefficient (Wildman–Crippen LogP) is 1.40. The van der Waals surface area contributed by atoms with E-state index in [2.05, 4.69) is 10.2 Å². The Labute approximate surface area is 89.2 Å². The van der Waals surface area contributed by atoms with Gasteiger partial charge in [0.2, 0.25) is 5.91 Å². The molecule has 15 heavy (non-hydrogen) atoms. The molecule has 4 nitrogen and oxygen atoms in total. The molecular weight excluding hydrogens is 190 g/mol. The van der Waals surface area contributed by atoms with Crippen molar-refractivity contribution in [2.75, 3.05) is 0 Å². The van der Waals surface area contributed by atoms with E-state index >= 15 is 0 Å². The number of nitrogens with zero attached hydrogens (tertiary/aromatic N) is 1. The number of rotatable bonds is 4. The maximum atomic E-state index is 10.8. The second kappa shape index (κ2) is 4.04. The van der Waals surface area contributed by atoms with Crippen molar-refractivity contribution in [1.82, 2.24) is 10.2 Å². The summed E-state index contributed by atoms with van der Waals surface area (Å²) in [5, 5.41) is 7.35. The molecule has 0 aromatic carbocycles. The Balaban J connectivity index is 2.12. The Morgan fingerprint density at radius 3 is 2.87 bits per heavy atom. The number of H-pyrrole nitrogens is 1. The molecule has 2 rings (SSSR count). The lowest BCUT2D eigenvalue weighted by molar-refractivity contribution is -0.117. The van der Waals surface area contributed by atoms with E-state index in [1.165, 1.54) is 30.5 Å². The van der Waals surface area contributed by atoms with Gasteiger partial charge < -0.3 is 5.73 Å². The number of amides is 1. The second-order valence-corrected chi connectivity index (χ2v) is 4.31. The Bertz CT molecular complexity index is 366. The summed E-state index contributed by atoms with van der Waals surface area (Å²) in [4.78, 5) is 10.8. The van der Waals surface area contributed by atoms with Crippen LogP contribution in [-0.2, 0) is 11.2 Å². The fraction of sp³-hybridized carbons (Fsp3) is 0.636. The molecule has 1 aliphatic carbocycles. The molecule has 1 amide bonds. The molecule has 1 fully saturated rings. The van der Waals surface area contributed by atoms with Crippen molar-refractivity contribution in [3.63, 3.8) is 0 Å². The van der Waals surface area contributed by atoms with Gasteiger partial charge in [0.15, 0.2) is 0 Å². The van der Waals surface area contributed by atoms with Crippen molar-refractivity contribution in [3.8, 4) is 0 Å². The molecule has 0 spiro atoms. The number of hydrogen-bond acceptors (Lipinski definition) is 2. The van der Waals surface area contributed by atoms with Gasteiger partial charge in [0.05, 0.1) is 5.69 Å². The van der Waals surface area contributed by atoms with E-state index in [4.69, 9.17) is 5.73 Å². The number of carbonyl (C=O) groups is 1. The average Bonchev–Trinajstić information content (AvgIpc) is 2.42. The predicted molar refractivity (Wildman–Crippen MR) is 57.4 cm³/mol. The van der Waals surface area contributed by atoms with E-state index in [1.807, 2.05) is 6.92 Å². The van der Waals surface area contributed by atoms with Crippen LogP contribution in [0.2, 0.25) is 0 Å². The van der Waals surface area contributed by atoms with Gasteiger partial charge in [-0.15, -0.1) is 0 Å². The van der Waals surface area contributed by atoms with E-state index in [0.29, 0.717) is 12.3 Å². The molecule has 1 saturated carbocycles. The van der Waals surface area contributed by atoms with E-state index in [-0.39, 0.29) is 5.91 Å². The zero-order valence-electron chi connectivity index (χ0n) is 9.05. The van der Waals surface area contributed by atoms with Gasteiger partial charge in [-0.25, -0.2) is 0 Å². The Morgan fingerprint density at radius 1 is 1.60 bits per heavy atom. The summed E-state index contributed by atoms with van der Waals surface area (Å²) in [5.41, 5.74) is 8.62. The smallest absolute Gasteiger partial charge is 0.217 e. The lowest BCUT2D eigenvalue weighted by Crippen LogP contribution is -2.14. The molecule has 0 bridgehead atoms. The average molecular weight is 207 g/mol. The molecule has 0 atom stereocenters. The number of nitrogens with one attached hydrogen (secondary N) is 1. The molecule has 1 aromatic heterocycles. The van der Waals surface area contributed by atoms with Crippen LogP contribution in [0.3, 0.4) is 0 Å². The van der Waals surface area contributed by atoms with Gasteiger partial charge in [0.1, 0.15) is 0 Å². The van der Waals surface area contributed by atoms with Gasteiger partial charge in [-0.2, -0.15) is 5.10 Å². The van der Waals surface area contributed by atoms with Crippen LogP contribution < -0.4 is 5.73 Å². The van der Waals surface area contributed by atoms with Gasteiger partial charge >= 0.3 is 0 Å². The zero-order chi connectivity index (χ0) is 10.8. The number of hydrogen-bond donors (Lipinski definition) is 2. The quantitative estimate of drug-likeness (QED) is 0.783. The van der Waals surface area contributed by atoms with Crippen LogP contribution in [0, 0.1) is 6.92 Å². The van der Waals surface area contributed by atoms with E-state index < -0.39 is 0 Å². The highest BCUT2D eigenvalue weighted by Crippen LogP contribution is 2.37. The van der Waals surface area contributed by atoms with E-state index in [1.54, 1.807) is 0 Å². The minimum Gasteiger partial charge on any atom is -0.370 e. The first kappa shape index (κ1) is 10.2. The SMILES string of the molecule is Cc1[nH]nc(C2CCC2)c1CCC(N)=O. The van der Waals surface area contributed by atoms with Gasteiger partial charge in [-0.05, 0) is 31.7 Å². The van der Waals surface area contributed by atoms with Crippen molar-refractivity contribution in [2.24, 2.45) is 5.73 Å². The zero-order valence-corrected chi connectivity index (χ0v) is 9.05. The lowest BCUT2D eigenvalue weighted by atomic mass is 9.81. The first-order chi connectivity index (χ1) is 7.18. The monoisotopic (exact) mass is 207 g/mol. The molecule has 0 radical (unpaired) electrons. The summed E-state index contributed by atoms with van der Waals surface area (Å²) in [6.07, 6.45) is 4.90. The second-order valence-electron chi connectivity index (χ2n) is 4.31. The van der Waals surface area contributed by atoms with Gasteiger partial charge in [0, 0.05) is 18.0 Å². The fourth-order valence-corrected chi connectivity index (χ4v) is 2.05. The number of nitrogens with two attached hydrogens (primary N) is 1. The van der Waals surface area contributed by atoms with Crippen LogP contribution >= 0.6 is 0 Å². The third kappa shape index (κ3) is 2.03. The third-order valence-electron chi connectivity index (χ3n) is 3.22. The highest BCUT2D eigenvalue weighted by atomic mass is 16.1. The highest BCUT2D eigenvalue weighted by Gasteiger charge is 2.25. The first-order valence-corrected chi connectivity index (χ1v) is 5.50. The molecule has 3 N–H and O–H groups in total. The molecular formula is C11H17N3O. The minimum atomic E-state index is -0.241. The summed E-state index contributed by atoms with van der Waals surface area (Å²) in [6, 6.07) is 0. The molecule has 82 valence electrons. The van der Waals surface area contributed by atoms with Crippen LogP contribution in [0.4, 0.5) is 0 Å². The number of primary amides is 1. The van der Waals surface area contributed by atoms with Gasteiger partial charge in [0.25, 0.3) is 0 Å². The topological polar surface area (TPSA) is 71.8 Å². The molecule has 0 unspecified atom stereocenters. The van der Waals surface area contributed by atoms with E-state index in [9.17, 15) is 4.79 Å². The van der Waals surface area contributed by atoms with Crippen LogP contribution in [0.15, 0.2) is 0 Å². The van der Waals surface area contributed by atoms with Crippen molar-refractivity contribution >= 4 is 5.91 Å². The summed E-state index contributed by atoms with van der Waals surface area (Å²) < 4.78 is 0. The lowest BCUT2D eigenvalue weighted by Gasteiger charge is -2.24. The highest BCUT2D eigenvalue weighted by molar-refractivity contribution is 5.74. The van der Waals surface area contributed by atoms with Crippen molar-refractivity contribution in [3.05, 3.63) is 17.0 Å². The van der Waals surface area contributed by atoms with Crippen molar-refractivity contribution in [2.45, 2.75) is 44.9 Å². The number of carbonyl (C=O) groups excluding carboxylic acids is 1. The number of aromatic nitrogens is 2. The van der Waals surface area contributed by atoms with E-state index in [0.717, 1.165) is 12.1 Å². The summed E-state index contributed by atoms with van der Waals surface area (Å²) in [7, 11) is 0. The Morgan fingerprint density at radius 2 is 2.33 bits per heavy atom. The third-order valence-corrected chi connectivity index (χ3v) is 3.22. The largest absolute Gasteiger partial charge is 0.370 e. The molecule has 0 saturated heterocycles.